The lowest BCUT2D eigenvalue weighted by molar-refractivity contribution is -0.701. The Bertz CT molecular complexity index is 918. The SMILES string of the molecule is CCCCCCCCCCCCCCCNC(=O)OCC1CCC(COC(=O)N(Cc2cccc[n+]2CC)C(C)=O)O1.[I-]. The maximum Gasteiger partial charge on any atom is 0.417 e. The van der Waals surface area contributed by atoms with Crippen LogP contribution < -0.4 is 33.9 Å². The van der Waals surface area contributed by atoms with E-state index in [0.29, 0.717) is 19.4 Å². The van der Waals surface area contributed by atoms with Gasteiger partial charge < -0.3 is 43.5 Å². The number of pyridine rings is 1. The number of rotatable bonds is 21. The number of unbranched alkanes of at least 4 members (excludes halogenated alkanes) is 12. The van der Waals surface area contributed by atoms with E-state index >= 15 is 0 Å². The summed E-state index contributed by atoms with van der Waals surface area (Å²) in [4.78, 5) is 37.9. The van der Waals surface area contributed by atoms with Crippen LogP contribution in [0.25, 0.3) is 0 Å². The average molecular weight is 718 g/mol. The molecule has 2 heterocycles. The molecule has 0 bridgehead atoms. The summed E-state index contributed by atoms with van der Waals surface area (Å²) >= 11 is 0. The lowest BCUT2D eigenvalue weighted by Gasteiger charge is -2.19. The van der Waals surface area contributed by atoms with Gasteiger partial charge in [0.2, 0.25) is 11.6 Å². The summed E-state index contributed by atoms with van der Waals surface area (Å²) in [5.41, 5.74) is 0.842. The number of alkyl carbamates (subject to hydrolysis) is 1. The van der Waals surface area contributed by atoms with Crippen molar-refractivity contribution in [1.29, 1.82) is 0 Å². The third-order valence-electron chi connectivity index (χ3n) is 7.83. The number of ether oxygens (including phenoxy) is 3. The maximum atomic E-state index is 12.7. The van der Waals surface area contributed by atoms with Crippen LogP contribution in [0, 0.1) is 0 Å². The topological polar surface area (TPSA) is 98.0 Å². The fourth-order valence-electron chi connectivity index (χ4n) is 5.25. The quantitative estimate of drug-likeness (QED) is 0.118. The Labute approximate surface area is 276 Å². The van der Waals surface area contributed by atoms with Crippen LogP contribution in [0.4, 0.5) is 9.59 Å². The van der Waals surface area contributed by atoms with E-state index in [9.17, 15) is 14.4 Å². The predicted octanol–water partition coefficient (Wildman–Crippen LogP) is 3.85. The van der Waals surface area contributed by atoms with Crippen LogP contribution in [-0.2, 0) is 32.1 Å². The minimum absolute atomic E-state index is 0. The number of aryl methyl sites for hydroxylation is 1. The van der Waals surface area contributed by atoms with E-state index in [-0.39, 0.29) is 61.9 Å². The normalized spacial score (nSPS) is 15.9. The first kappa shape index (κ1) is 39.1. The molecule has 9 nitrogen and oxygen atoms in total. The van der Waals surface area contributed by atoms with Gasteiger partial charge in [-0.3, -0.25) is 4.79 Å². The first-order chi connectivity index (χ1) is 20.4. The van der Waals surface area contributed by atoms with Crippen LogP contribution in [0.15, 0.2) is 24.4 Å². The molecule has 1 aliphatic heterocycles. The van der Waals surface area contributed by atoms with Crippen LogP contribution in [-0.4, -0.2) is 55.0 Å². The zero-order valence-corrected chi connectivity index (χ0v) is 29.0. The molecule has 1 saturated heterocycles. The van der Waals surface area contributed by atoms with Crippen LogP contribution in [0.3, 0.4) is 0 Å². The number of carbonyl (C=O) groups is 3. The second kappa shape index (κ2) is 24.4. The highest BCUT2D eigenvalue weighted by Gasteiger charge is 2.29. The Morgan fingerprint density at radius 2 is 1.42 bits per heavy atom. The fourth-order valence-corrected chi connectivity index (χ4v) is 5.25. The molecule has 3 amide bonds. The summed E-state index contributed by atoms with van der Waals surface area (Å²) < 4.78 is 18.6. The van der Waals surface area contributed by atoms with Crippen molar-refractivity contribution in [3.05, 3.63) is 30.1 Å². The summed E-state index contributed by atoms with van der Waals surface area (Å²) in [6.45, 7) is 7.31. The number of amides is 3. The van der Waals surface area contributed by atoms with E-state index in [1.54, 1.807) is 0 Å². The molecule has 2 atom stereocenters. The zero-order chi connectivity index (χ0) is 30.4. The standard InChI is InChI=1S/C33H55N3O6.HI/c1-4-6-7-8-9-10-11-12-13-14-15-16-18-23-34-32(38)40-26-30-21-22-31(42-30)27-41-33(39)36(28(3)37)25-29-20-17-19-24-35(29)5-2;/h17,19-20,24,30-31H,4-16,18,21-23,25-27H2,1-3H3;1H. The smallest absolute Gasteiger partial charge is 0.417 e. The van der Waals surface area contributed by atoms with Gasteiger partial charge in [-0.2, -0.15) is 0 Å². The molecule has 0 radical (unpaired) electrons. The van der Waals surface area contributed by atoms with Crippen molar-refractivity contribution < 1.29 is 57.1 Å². The minimum Gasteiger partial charge on any atom is -1.00 e. The number of halogens is 1. The Kier molecular flexibility index (Phi) is 22.2. The molecule has 1 aromatic heterocycles. The van der Waals surface area contributed by atoms with E-state index in [1.165, 1.54) is 77.6 Å². The first-order valence-corrected chi connectivity index (χ1v) is 16.4. The molecule has 1 N–H and O–H groups in total. The van der Waals surface area contributed by atoms with Gasteiger partial charge in [0.05, 0.1) is 12.2 Å². The molecule has 246 valence electrons. The van der Waals surface area contributed by atoms with Crippen molar-refractivity contribution in [3.63, 3.8) is 0 Å². The summed E-state index contributed by atoms with van der Waals surface area (Å²) in [5.74, 6) is -0.380. The number of nitrogens with zero attached hydrogens (tertiary/aromatic N) is 2. The molecule has 1 aromatic rings. The Balaban J connectivity index is 0.00000924. The van der Waals surface area contributed by atoms with Crippen LogP contribution in [0.5, 0.6) is 0 Å². The van der Waals surface area contributed by atoms with Crippen molar-refractivity contribution in [2.75, 3.05) is 19.8 Å². The van der Waals surface area contributed by atoms with Gasteiger partial charge in [-0.1, -0.05) is 90.0 Å². The number of nitrogens with one attached hydrogen (secondary N) is 1. The third-order valence-corrected chi connectivity index (χ3v) is 7.83. The number of hydrogen-bond donors (Lipinski definition) is 1. The summed E-state index contributed by atoms with van der Waals surface area (Å²) in [6, 6.07) is 5.66. The minimum atomic E-state index is -0.690. The van der Waals surface area contributed by atoms with Crippen molar-refractivity contribution in [3.8, 4) is 0 Å². The van der Waals surface area contributed by atoms with Gasteiger partial charge in [0.15, 0.2) is 6.20 Å². The maximum absolute atomic E-state index is 12.7. The van der Waals surface area contributed by atoms with Gasteiger partial charge in [-0.25, -0.2) is 19.1 Å². The Morgan fingerprint density at radius 3 is 1.98 bits per heavy atom. The van der Waals surface area contributed by atoms with E-state index in [4.69, 9.17) is 14.2 Å². The Hall–Kier alpha value is -1.95. The molecular formula is C33H56IN3O6. The van der Waals surface area contributed by atoms with Crippen molar-refractivity contribution >= 4 is 18.1 Å². The van der Waals surface area contributed by atoms with E-state index in [2.05, 4.69) is 12.2 Å². The van der Waals surface area contributed by atoms with Gasteiger partial charge in [-0.15, -0.1) is 0 Å². The Morgan fingerprint density at radius 1 is 0.860 bits per heavy atom. The number of carbonyl (C=O) groups excluding carboxylic acids is 3. The summed E-state index contributed by atoms with van der Waals surface area (Å²) in [7, 11) is 0. The van der Waals surface area contributed by atoms with Crippen molar-refractivity contribution in [1.82, 2.24) is 10.2 Å². The largest absolute Gasteiger partial charge is 1.00 e. The third kappa shape index (κ3) is 17.2. The molecule has 2 unspecified atom stereocenters. The molecule has 0 aliphatic carbocycles. The predicted molar refractivity (Wildman–Crippen MR) is 163 cm³/mol. The fraction of sp³-hybridized carbons (Fsp3) is 0.758. The van der Waals surface area contributed by atoms with E-state index < -0.39 is 12.2 Å². The van der Waals surface area contributed by atoms with Crippen molar-refractivity contribution in [2.45, 2.75) is 142 Å². The monoisotopic (exact) mass is 717 g/mol. The summed E-state index contributed by atoms with van der Waals surface area (Å²) in [6.07, 6.45) is 18.5. The van der Waals surface area contributed by atoms with Gasteiger partial charge >= 0.3 is 12.2 Å². The highest BCUT2D eigenvalue weighted by Crippen LogP contribution is 2.21. The molecule has 0 spiro atoms. The number of imide groups is 1. The molecule has 2 rings (SSSR count). The number of aromatic nitrogens is 1. The van der Waals surface area contributed by atoms with Crippen LogP contribution in [0.2, 0.25) is 0 Å². The molecule has 10 heteroatoms. The number of hydrogen-bond acceptors (Lipinski definition) is 6. The lowest BCUT2D eigenvalue weighted by Crippen LogP contribution is -3.00. The molecule has 1 aliphatic rings. The van der Waals surface area contributed by atoms with Crippen LogP contribution >= 0.6 is 0 Å². The van der Waals surface area contributed by atoms with Gasteiger partial charge in [0, 0.05) is 25.6 Å². The van der Waals surface area contributed by atoms with E-state index in [1.807, 2.05) is 35.9 Å². The summed E-state index contributed by atoms with van der Waals surface area (Å²) in [5, 5.41) is 2.82. The molecule has 0 aromatic carbocycles. The second-order valence-corrected chi connectivity index (χ2v) is 11.4. The van der Waals surface area contributed by atoms with Crippen molar-refractivity contribution in [2.24, 2.45) is 0 Å². The van der Waals surface area contributed by atoms with E-state index in [0.717, 1.165) is 30.0 Å². The zero-order valence-electron chi connectivity index (χ0n) is 26.8. The molecule has 1 fully saturated rings. The lowest BCUT2D eigenvalue weighted by atomic mass is 10.0. The molecule has 43 heavy (non-hydrogen) atoms. The van der Waals surface area contributed by atoms with Crippen LogP contribution in [0.1, 0.15) is 123 Å². The second-order valence-electron chi connectivity index (χ2n) is 11.4. The average Bonchev–Trinajstić information content (AvgIpc) is 3.45. The highest BCUT2D eigenvalue weighted by molar-refractivity contribution is 5.90. The van der Waals surface area contributed by atoms with Gasteiger partial charge in [-0.05, 0) is 26.2 Å². The van der Waals surface area contributed by atoms with Gasteiger partial charge in [0.1, 0.15) is 26.3 Å². The van der Waals surface area contributed by atoms with Gasteiger partial charge in [0.25, 0.3) is 0 Å². The first-order valence-electron chi connectivity index (χ1n) is 16.4. The molecule has 0 saturated carbocycles. The molecular weight excluding hydrogens is 661 g/mol. The highest BCUT2D eigenvalue weighted by atomic mass is 127.